The van der Waals surface area contributed by atoms with Gasteiger partial charge in [-0.3, -0.25) is 9.89 Å². The molecule has 1 aromatic rings. The largest absolute Gasteiger partial charge is 0.494 e. The molecule has 0 radical (unpaired) electrons. The fourth-order valence-electron chi connectivity index (χ4n) is 3.12. The van der Waals surface area contributed by atoms with Crippen molar-refractivity contribution in [3.8, 4) is 5.75 Å². The van der Waals surface area contributed by atoms with E-state index in [1.165, 1.54) is 13.2 Å². The van der Waals surface area contributed by atoms with Gasteiger partial charge in [0.15, 0.2) is 17.5 Å². The first-order chi connectivity index (χ1) is 12.5. The van der Waals surface area contributed by atoms with Crippen molar-refractivity contribution in [1.29, 1.82) is 0 Å². The molecule has 2 N–H and O–H groups in total. The van der Waals surface area contributed by atoms with Crippen LogP contribution in [0.4, 0.5) is 4.39 Å². The summed E-state index contributed by atoms with van der Waals surface area (Å²) in [6, 6.07) is 5.36. The van der Waals surface area contributed by atoms with Crippen LogP contribution in [0.15, 0.2) is 23.2 Å². The molecule has 0 aromatic heterocycles. The Morgan fingerprint density at radius 2 is 2.00 bits per heavy atom. The minimum absolute atomic E-state index is 0. The number of methoxy groups -OCH3 is 1. The highest BCUT2D eigenvalue weighted by Crippen LogP contribution is 2.17. The maximum absolute atomic E-state index is 13.8. The van der Waals surface area contributed by atoms with E-state index in [-0.39, 0.29) is 35.5 Å². The molecule has 0 spiro atoms. The van der Waals surface area contributed by atoms with E-state index in [4.69, 9.17) is 9.47 Å². The predicted octanol–water partition coefficient (Wildman–Crippen LogP) is 2.47. The molecule has 1 unspecified atom stereocenters. The molecule has 1 heterocycles. The van der Waals surface area contributed by atoms with E-state index in [1.54, 1.807) is 13.1 Å². The predicted molar refractivity (Wildman–Crippen MR) is 118 cm³/mol. The van der Waals surface area contributed by atoms with E-state index >= 15 is 0 Å². The molecule has 2 rings (SSSR count). The zero-order valence-electron chi connectivity index (χ0n) is 16.6. The molecule has 0 amide bonds. The van der Waals surface area contributed by atoms with E-state index in [0.717, 1.165) is 38.4 Å². The molecule has 6 nitrogen and oxygen atoms in total. The van der Waals surface area contributed by atoms with Gasteiger partial charge < -0.3 is 20.1 Å². The standard InChI is InChI=1S/C19H31FN4O2.HI/c1-14(2)17(24-7-9-26-10-8-24)13-23-19(21-3)22-12-15-5-6-18(25-4)16(20)11-15;/h5-6,11,14,17H,7-10,12-13H2,1-4H3,(H2,21,22,23);1H. The first kappa shape index (κ1) is 23.9. The average Bonchev–Trinajstić information content (AvgIpc) is 2.65. The number of hydrogen-bond donors (Lipinski definition) is 2. The van der Waals surface area contributed by atoms with Gasteiger partial charge in [-0.2, -0.15) is 0 Å². The number of rotatable bonds is 7. The summed E-state index contributed by atoms with van der Waals surface area (Å²) in [7, 11) is 3.20. The van der Waals surface area contributed by atoms with Crippen molar-refractivity contribution < 1.29 is 13.9 Å². The van der Waals surface area contributed by atoms with Crippen LogP contribution in [-0.4, -0.2) is 63.9 Å². The third-order valence-corrected chi connectivity index (χ3v) is 4.66. The third kappa shape index (κ3) is 7.42. The van der Waals surface area contributed by atoms with Crippen molar-refractivity contribution in [1.82, 2.24) is 15.5 Å². The molecule has 1 aliphatic heterocycles. The monoisotopic (exact) mass is 494 g/mol. The van der Waals surface area contributed by atoms with Crippen LogP contribution in [0, 0.1) is 11.7 Å². The Hall–Kier alpha value is -1.13. The first-order valence-electron chi connectivity index (χ1n) is 9.14. The maximum atomic E-state index is 13.8. The Bertz CT molecular complexity index is 595. The lowest BCUT2D eigenvalue weighted by atomic mass is 10.0. The van der Waals surface area contributed by atoms with Gasteiger partial charge in [-0.15, -0.1) is 24.0 Å². The van der Waals surface area contributed by atoms with Crippen molar-refractivity contribution in [2.75, 3.05) is 47.0 Å². The molecule has 1 fully saturated rings. The van der Waals surface area contributed by atoms with Gasteiger partial charge >= 0.3 is 0 Å². The smallest absolute Gasteiger partial charge is 0.191 e. The van der Waals surface area contributed by atoms with E-state index in [0.29, 0.717) is 24.5 Å². The molecule has 0 saturated carbocycles. The summed E-state index contributed by atoms with van der Waals surface area (Å²) in [5, 5.41) is 6.63. The van der Waals surface area contributed by atoms with Gasteiger partial charge in [-0.1, -0.05) is 19.9 Å². The first-order valence-corrected chi connectivity index (χ1v) is 9.14. The second kappa shape index (κ2) is 12.4. The number of hydrogen-bond acceptors (Lipinski definition) is 4. The minimum atomic E-state index is -0.359. The van der Waals surface area contributed by atoms with Gasteiger partial charge in [0.1, 0.15) is 0 Å². The zero-order chi connectivity index (χ0) is 18.9. The van der Waals surface area contributed by atoms with Crippen molar-refractivity contribution in [2.24, 2.45) is 10.9 Å². The van der Waals surface area contributed by atoms with E-state index in [1.807, 2.05) is 6.07 Å². The van der Waals surface area contributed by atoms with Crippen molar-refractivity contribution in [3.05, 3.63) is 29.6 Å². The van der Waals surface area contributed by atoms with Crippen LogP contribution in [0.3, 0.4) is 0 Å². The number of ether oxygens (including phenoxy) is 2. The molecular formula is C19H32FIN4O2. The highest BCUT2D eigenvalue weighted by molar-refractivity contribution is 14.0. The van der Waals surface area contributed by atoms with Crippen molar-refractivity contribution >= 4 is 29.9 Å². The van der Waals surface area contributed by atoms with E-state index in [2.05, 4.69) is 34.4 Å². The summed E-state index contributed by atoms with van der Waals surface area (Å²) >= 11 is 0. The van der Waals surface area contributed by atoms with Gasteiger partial charge in [-0.05, 0) is 23.6 Å². The minimum Gasteiger partial charge on any atom is -0.494 e. The topological polar surface area (TPSA) is 58.1 Å². The van der Waals surface area contributed by atoms with Gasteiger partial charge in [0.2, 0.25) is 0 Å². The number of nitrogens with zero attached hydrogens (tertiary/aromatic N) is 2. The van der Waals surface area contributed by atoms with Crippen LogP contribution in [0.25, 0.3) is 0 Å². The summed E-state index contributed by atoms with van der Waals surface area (Å²) in [6.45, 7) is 9.26. The summed E-state index contributed by atoms with van der Waals surface area (Å²) in [5.74, 6) is 1.12. The fraction of sp³-hybridized carbons (Fsp3) is 0.632. The van der Waals surface area contributed by atoms with Gasteiger partial charge in [0.25, 0.3) is 0 Å². The zero-order valence-corrected chi connectivity index (χ0v) is 19.0. The highest BCUT2D eigenvalue weighted by atomic mass is 127. The molecule has 1 aliphatic rings. The summed E-state index contributed by atoms with van der Waals surface area (Å²) < 4.78 is 24.2. The van der Waals surface area contributed by atoms with Crippen LogP contribution in [0.1, 0.15) is 19.4 Å². The van der Waals surface area contributed by atoms with Gasteiger partial charge in [0, 0.05) is 39.3 Å². The lowest BCUT2D eigenvalue weighted by Crippen LogP contribution is -2.52. The molecule has 1 saturated heterocycles. The number of morpholine rings is 1. The van der Waals surface area contributed by atoms with Crippen LogP contribution in [-0.2, 0) is 11.3 Å². The SMILES string of the molecule is CN=C(NCc1ccc(OC)c(F)c1)NCC(C(C)C)N1CCOCC1.I. The Kier molecular flexibility index (Phi) is 10.9. The molecule has 1 atom stereocenters. The summed E-state index contributed by atoms with van der Waals surface area (Å²) in [4.78, 5) is 6.73. The Labute approximate surface area is 178 Å². The fourth-order valence-corrected chi connectivity index (χ4v) is 3.12. The Morgan fingerprint density at radius 1 is 1.30 bits per heavy atom. The van der Waals surface area contributed by atoms with Crippen LogP contribution >= 0.6 is 24.0 Å². The van der Waals surface area contributed by atoms with Crippen molar-refractivity contribution in [2.45, 2.75) is 26.4 Å². The second-order valence-corrected chi connectivity index (χ2v) is 6.74. The molecule has 0 bridgehead atoms. The average molecular weight is 494 g/mol. The number of aliphatic imine (C=N–C) groups is 1. The number of halogens is 2. The number of benzene rings is 1. The molecule has 1 aromatic carbocycles. The Balaban J connectivity index is 0.00000364. The lowest BCUT2D eigenvalue weighted by Gasteiger charge is -2.37. The maximum Gasteiger partial charge on any atom is 0.191 e. The van der Waals surface area contributed by atoms with E-state index in [9.17, 15) is 4.39 Å². The lowest BCUT2D eigenvalue weighted by molar-refractivity contribution is 0.00752. The van der Waals surface area contributed by atoms with Crippen molar-refractivity contribution in [3.63, 3.8) is 0 Å². The quantitative estimate of drug-likeness (QED) is 0.347. The second-order valence-electron chi connectivity index (χ2n) is 6.74. The van der Waals surface area contributed by atoms with Crippen LogP contribution in [0.5, 0.6) is 5.75 Å². The number of nitrogens with one attached hydrogen (secondary N) is 2. The van der Waals surface area contributed by atoms with E-state index < -0.39 is 0 Å². The number of guanidine groups is 1. The van der Waals surface area contributed by atoms with Gasteiger partial charge in [-0.25, -0.2) is 4.39 Å². The Morgan fingerprint density at radius 3 is 2.56 bits per heavy atom. The summed E-state index contributed by atoms with van der Waals surface area (Å²) in [6.07, 6.45) is 0. The highest BCUT2D eigenvalue weighted by Gasteiger charge is 2.23. The van der Waals surface area contributed by atoms with Gasteiger partial charge in [0.05, 0.1) is 20.3 Å². The van der Waals surface area contributed by atoms with Crippen LogP contribution in [0.2, 0.25) is 0 Å². The normalized spacial score (nSPS) is 16.6. The molecular weight excluding hydrogens is 462 g/mol. The molecule has 27 heavy (non-hydrogen) atoms. The molecule has 0 aliphatic carbocycles. The third-order valence-electron chi connectivity index (χ3n) is 4.66. The van der Waals surface area contributed by atoms with Crippen LogP contribution < -0.4 is 15.4 Å². The molecule has 8 heteroatoms. The molecule has 154 valence electrons. The summed E-state index contributed by atoms with van der Waals surface area (Å²) in [5.41, 5.74) is 0.833.